The predicted molar refractivity (Wildman–Crippen MR) is 88.8 cm³/mol. The third kappa shape index (κ3) is 7.49. The number of ketones is 1. The first-order valence-corrected chi connectivity index (χ1v) is 7.21. The zero-order chi connectivity index (χ0) is 16.8. The van der Waals surface area contributed by atoms with Crippen molar-refractivity contribution in [2.45, 2.75) is 40.5 Å². The Bertz CT molecular complexity index is 600. The molecule has 1 heterocycles. The van der Waals surface area contributed by atoms with Crippen molar-refractivity contribution in [1.29, 1.82) is 0 Å². The van der Waals surface area contributed by atoms with Crippen LogP contribution in [0.4, 0.5) is 0 Å². The molecule has 1 amide bonds. The summed E-state index contributed by atoms with van der Waals surface area (Å²) in [6.07, 6.45) is 2.71. The third-order valence-corrected chi connectivity index (χ3v) is 3.22. The molecule has 1 radical (unpaired) electrons. The van der Waals surface area contributed by atoms with E-state index in [-0.39, 0.29) is 43.0 Å². The minimum Gasteiger partial charge on any atom is -0.512 e. The van der Waals surface area contributed by atoms with Crippen molar-refractivity contribution in [3.8, 4) is 0 Å². The fraction of sp³-hybridized carbons (Fsp3) is 0.389. The largest absolute Gasteiger partial charge is 0.512 e. The second kappa shape index (κ2) is 9.53. The Morgan fingerprint density at radius 1 is 1.39 bits per heavy atom. The van der Waals surface area contributed by atoms with E-state index in [2.05, 4.69) is 24.9 Å². The van der Waals surface area contributed by atoms with Crippen LogP contribution in [0.5, 0.6) is 0 Å². The summed E-state index contributed by atoms with van der Waals surface area (Å²) in [5.41, 5.74) is 1.79. The van der Waals surface area contributed by atoms with E-state index in [0.29, 0.717) is 6.42 Å². The zero-order valence-electron chi connectivity index (χ0n) is 13.9. The zero-order valence-corrected chi connectivity index (χ0v) is 16.3. The van der Waals surface area contributed by atoms with Gasteiger partial charge in [0.15, 0.2) is 0 Å². The molecule has 0 bridgehead atoms. The van der Waals surface area contributed by atoms with Crippen molar-refractivity contribution in [3.63, 3.8) is 0 Å². The number of aliphatic hydroxyl groups is 1. The minimum absolute atomic E-state index is 0. The summed E-state index contributed by atoms with van der Waals surface area (Å²) in [7, 11) is 0. The standard InChI is InChI=1S/C13H14NO.C5H8O2.Ir/c1-13(2)9-8-11(15)14-12(13)10-6-4-3-5-7-10;1-4(6)3-5(2)7;/h3-6H,8-9H2,1-2H3;3,6H,1-2H3;/q-1;;/p+1/b;4-3-;. The van der Waals surface area contributed by atoms with Gasteiger partial charge in [-0.05, 0) is 24.5 Å². The molecular weight excluding hydrogens is 470 g/mol. The summed E-state index contributed by atoms with van der Waals surface area (Å²) < 4.78 is 0. The van der Waals surface area contributed by atoms with Gasteiger partial charge in [-0.2, -0.15) is 0 Å². The Morgan fingerprint density at radius 2 is 2.04 bits per heavy atom. The van der Waals surface area contributed by atoms with E-state index in [4.69, 9.17) is 9.90 Å². The molecule has 0 saturated carbocycles. The molecule has 0 atom stereocenters. The average Bonchev–Trinajstić information content (AvgIpc) is 2.42. The van der Waals surface area contributed by atoms with E-state index in [1.807, 2.05) is 24.3 Å². The van der Waals surface area contributed by atoms with Gasteiger partial charge in [-0.3, -0.25) is 14.6 Å². The van der Waals surface area contributed by atoms with E-state index in [1.54, 1.807) is 0 Å². The molecule has 23 heavy (non-hydrogen) atoms. The summed E-state index contributed by atoms with van der Waals surface area (Å²) in [6, 6.07) is 10.8. The minimum atomic E-state index is -0.0221. The second-order valence-electron chi connectivity index (χ2n) is 5.94. The molecule has 0 aromatic heterocycles. The van der Waals surface area contributed by atoms with E-state index in [0.717, 1.165) is 17.7 Å². The van der Waals surface area contributed by atoms with Gasteiger partial charge in [-0.1, -0.05) is 13.8 Å². The molecule has 1 aliphatic rings. The van der Waals surface area contributed by atoms with Crippen LogP contribution in [0, 0.1) is 11.5 Å². The molecule has 1 aromatic carbocycles. The fourth-order valence-electron chi connectivity index (χ4n) is 2.14. The molecule has 5 heteroatoms. The summed E-state index contributed by atoms with van der Waals surface area (Å²) in [6.45, 7) is 7.25. The monoisotopic (exact) mass is 494 g/mol. The molecule has 0 aliphatic carbocycles. The number of benzene rings is 1. The number of nitrogens with zero attached hydrogens (tertiary/aromatic N) is 1. The van der Waals surface area contributed by atoms with E-state index >= 15 is 0 Å². The topological polar surface area (TPSA) is 71.1 Å². The quantitative estimate of drug-likeness (QED) is 0.296. The van der Waals surface area contributed by atoms with Crippen LogP contribution in [0.15, 0.2) is 41.1 Å². The first-order valence-electron chi connectivity index (χ1n) is 7.21. The van der Waals surface area contributed by atoms with Gasteiger partial charge in [-0.25, -0.2) is 0 Å². The van der Waals surface area contributed by atoms with Crippen molar-refractivity contribution < 1.29 is 34.8 Å². The van der Waals surface area contributed by atoms with Gasteiger partial charge in [-0.15, -0.1) is 35.9 Å². The second-order valence-corrected chi connectivity index (χ2v) is 5.94. The van der Waals surface area contributed by atoms with Crippen LogP contribution in [0.1, 0.15) is 46.1 Å². The van der Waals surface area contributed by atoms with Crippen molar-refractivity contribution in [2.24, 2.45) is 10.4 Å². The Hall–Kier alpha value is -1.58. The molecular formula is C18H23IrNO3. The van der Waals surface area contributed by atoms with Gasteiger partial charge < -0.3 is 5.11 Å². The number of aliphatic imine (C=N–C) groups is 1. The maximum Gasteiger partial charge on any atom is 0.316 e. The average molecular weight is 494 g/mol. The number of allylic oxidation sites excluding steroid dienone is 2. The fourth-order valence-corrected chi connectivity index (χ4v) is 2.14. The first-order chi connectivity index (χ1) is 10.2. The maximum atomic E-state index is 11.3. The van der Waals surface area contributed by atoms with Gasteiger partial charge >= 0.3 is 5.78 Å². The van der Waals surface area contributed by atoms with Gasteiger partial charge in [0, 0.05) is 26.5 Å². The molecule has 4 nitrogen and oxygen atoms in total. The maximum absolute atomic E-state index is 11.3. The Labute approximate surface area is 151 Å². The first kappa shape index (κ1) is 21.4. The summed E-state index contributed by atoms with van der Waals surface area (Å²) in [5, 5.41) is 8.40. The number of aliphatic hydroxyl groups excluding tert-OH is 1. The summed E-state index contributed by atoms with van der Waals surface area (Å²) in [4.78, 5) is 23.9. The van der Waals surface area contributed by atoms with Crippen molar-refractivity contribution in [2.75, 3.05) is 0 Å². The normalized spacial score (nSPS) is 16.4. The van der Waals surface area contributed by atoms with Crippen LogP contribution < -0.4 is 0 Å². The Morgan fingerprint density at radius 3 is 2.48 bits per heavy atom. The van der Waals surface area contributed by atoms with Gasteiger partial charge in [0.2, 0.25) is 5.91 Å². The smallest absolute Gasteiger partial charge is 0.316 e. The number of hydrogen-bond donors (Lipinski definition) is 1. The molecule has 0 unspecified atom stereocenters. The van der Waals surface area contributed by atoms with Crippen LogP contribution in [0.2, 0.25) is 0 Å². The molecule has 2 rings (SSSR count). The van der Waals surface area contributed by atoms with Crippen molar-refractivity contribution in [1.82, 2.24) is 0 Å². The number of rotatable bonds is 2. The molecule has 1 aromatic rings. The number of carbonyl (C=O) groups excluding carboxylic acids is 2. The van der Waals surface area contributed by atoms with Crippen LogP contribution in [0.25, 0.3) is 0 Å². The number of hydrogen-bond acceptors (Lipinski definition) is 2. The number of amides is 1. The van der Waals surface area contributed by atoms with Gasteiger partial charge in [0.25, 0.3) is 0 Å². The van der Waals surface area contributed by atoms with E-state index in [9.17, 15) is 4.79 Å². The molecule has 1 aliphatic heterocycles. The van der Waals surface area contributed by atoms with Gasteiger partial charge in [0.05, 0.1) is 18.8 Å². The molecule has 2 N–H and O–H groups in total. The third-order valence-electron chi connectivity index (χ3n) is 3.22. The Balaban J connectivity index is 0.000000522. The Kier molecular flexibility index (Phi) is 8.88. The molecule has 0 spiro atoms. The summed E-state index contributed by atoms with van der Waals surface area (Å²) in [5.74, 6) is 0.238. The predicted octanol–water partition coefficient (Wildman–Crippen LogP) is 3.63. The SMILES string of the molecule is CC(=[OH+])/C=C(/C)O.CC1(C)CCC(=O)N=C1c1[c-]cccc1.[Ir]. The van der Waals surface area contributed by atoms with Crippen LogP contribution >= 0.6 is 0 Å². The molecule has 0 fully saturated rings. The van der Waals surface area contributed by atoms with Crippen LogP contribution in [-0.4, -0.2) is 27.3 Å². The molecule has 0 saturated heterocycles. The van der Waals surface area contributed by atoms with E-state index in [1.165, 1.54) is 19.9 Å². The van der Waals surface area contributed by atoms with E-state index < -0.39 is 0 Å². The molecule has 127 valence electrons. The number of carbonyl (C=O) groups is 1. The van der Waals surface area contributed by atoms with Crippen LogP contribution in [0.3, 0.4) is 0 Å². The summed E-state index contributed by atoms with van der Waals surface area (Å²) >= 11 is 0. The van der Waals surface area contributed by atoms with Gasteiger partial charge in [0.1, 0.15) is 0 Å². The van der Waals surface area contributed by atoms with Crippen molar-refractivity contribution >= 4 is 17.4 Å². The van der Waals surface area contributed by atoms with Crippen molar-refractivity contribution in [3.05, 3.63) is 47.7 Å². The van der Waals surface area contributed by atoms with Crippen LogP contribution in [-0.2, 0) is 24.9 Å².